The van der Waals surface area contributed by atoms with E-state index in [0.29, 0.717) is 0 Å². The van der Waals surface area contributed by atoms with Crippen LogP contribution in [0.4, 0.5) is 18.9 Å². The second kappa shape index (κ2) is 7.38. The minimum atomic E-state index is -4.73. The Morgan fingerprint density at radius 2 is 1.81 bits per heavy atom. The molecule has 0 N–H and O–H groups in total. The predicted octanol–water partition coefficient (Wildman–Crippen LogP) is 3.81. The molecular weight excluding hydrogens is 359 g/mol. The van der Waals surface area contributed by atoms with E-state index in [0.717, 1.165) is 10.7 Å². The fraction of sp³-hybridized carbons (Fsp3) is 0.316. The van der Waals surface area contributed by atoms with Gasteiger partial charge in [-0.05, 0) is 26.0 Å². The number of hydrogen-bond donors (Lipinski definition) is 0. The molecular formula is C19H20F3N3O2. The molecule has 0 aliphatic carbocycles. The number of carbonyl (C=O) groups is 1. The van der Waals surface area contributed by atoms with Crippen LogP contribution in [0.3, 0.4) is 0 Å². The molecule has 0 atom stereocenters. The number of ketones is 1. The highest BCUT2D eigenvalue weighted by Crippen LogP contribution is 2.39. The second-order valence-corrected chi connectivity index (χ2v) is 6.49. The lowest BCUT2D eigenvalue weighted by atomic mass is 9.95. The van der Waals surface area contributed by atoms with Gasteiger partial charge in [0.1, 0.15) is 0 Å². The molecule has 0 amide bonds. The summed E-state index contributed by atoms with van der Waals surface area (Å²) in [5.41, 5.74) is -2.20. The summed E-state index contributed by atoms with van der Waals surface area (Å²) >= 11 is 0. The van der Waals surface area contributed by atoms with Gasteiger partial charge in [0, 0.05) is 37.0 Å². The monoisotopic (exact) mass is 379 g/mol. The summed E-state index contributed by atoms with van der Waals surface area (Å²) in [6, 6.07) is 6.00. The summed E-state index contributed by atoms with van der Waals surface area (Å²) < 4.78 is 42.1. The fourth-order valence-corrected chi connectivity index (χ4v) is 2.63. The average Bonchev–Trinajstić information content (AvgIpc) is 2.59. The Kier molecular flexibility index (Phi) is 5.58. The Hall–Kier alpha value is -2.90. The van der Waals surface area contributed by atoms with Crippen LogP contribution >= 0.6 is 0 Å². The van der Waals surface area contributed by atoms with Crippen LogP contribution in [0.25, 0.3) is 5.57 Å². The number of Topliss-reactive ketones (excluding diaryl/α,β-unsaturated/α-hetero) is 1. The van der Waals surface area contributed by atoms with E-state index >= 15 is 0 Å². The summed E-state index contributed by atoms with van der Waals surface area (Å²) in [7, 11) is 2.93. The fourth-order valence-electron chi connectivity index (χ4n) is 2.63. The molecule has 8 heteroatoms. The number of rotatable bonds is 5. The lowest BCUT2D eigenvalue weighted by molar-refractivity contribution is -0.137. The van der Waals surface area contributed by atoms with Gasteiger partial charge in [-0.25, -0.2) is 4.68 Å². The van der Waals surface area contributed by atoms with Crippen molar-refractivity contribution in [3.8, 4) is 0 Å². The number of nitrogens with zero attached hydrogens (tertiary/aromatic N) is 3. The zero-order valence-corrected chi connectivity index (χ0v) is 15.5. The number of benzene rings is 1. The van der Waals surface area contributed by atoms with Crippen molar-refractivity contribution in [3.63, 3.8) is 0 Å². The zero-order valence-electron chi connectivity index (χ0n) is 15.5. The van der Waals surface area contributed by atoms with Gasteiger partial charge < -0.3 is 4.90 Å². The highest BCUT2D eigenvalue weighted by molar-refractivity contribution is 6.28. The summed E-state index contributed by atoms with van der Waals surface area (Å²) in [6.07, 6.45) is -4.73. The summed E-state index contributed by atoms with van der Waals surface area (Å²) in [5, 5.41) is 4.06. The van der Waals surface area contributed by atoms with E-state index in [9.17, 15) is 22.8 Å². The van der Waals surface area contributed by atoms with Crippen LogP contribution in [0, 0.1) is 0 Å². The molecule has 27 heavy (non-hydrogen) atoms. The lowest BCUT2D eigenvalue weighted by Crippen LogP contribution is -2.25. The number of allylic oxidation sites excluding steroid dienone is 1. The van der Waals surface area contributed by atoms with Gasteiger partial charge >= 0.3 is 6.18 Å². The van der Waals surface area contributed by atoms with Gasteiger partial charge in [-0.3, -0.25) is 9.59 Å². The normalized spacial score (nSPS) is 11.6. The highest BCUT2D eigenvalue weighted by atomic mass is 19.4. The van der Waals surface area contributed by atoms with Crippen molar-refractivity contribution < 1.29 is 18.0 Å². The number of alkyl halides is 3. The van der Waals surface area contributed by atoms with E-state index < -0.39 is 23.1 Å². The van der Waals surface area contributed by atoms with Crippen LogP contribution in [0.2, 0.25) is 0 Å². The van der Waals surface area contributed by atoms with Crippen LogP contribution < -0.4 is 10.5 Å². The van der Waals surface area contributed by atoms with E-state index in [-0.39, 0.29) is 28.6 Å². The van der Waals surface area contributed by atoms with Crippen LogP contribution in [0.5, 0.6) is 0 Å². The average molecular weight is 379 g/mol. The van der Waals surface area contributed by atoms with Crippen molar-refractivity contribution >= 4 is 17.0 Å². The van der Waals surface area contributed by atoms with Gasteiger partial charge in [0.05, 0.1) is 17.3 Å². The van der Waals surface area contributed by atoms with Crippen molar-refractivity contribution in [3.05, 3.63) is 64.1 Å². The Morgan fingerprint density at radius 3 is 2.33 bits per heavy atom. The highest BCUT2D eigenvalue weighted by Gasteiger charge is 2.39. The third kappa shape index (κ3) is 4.10. The molecule has 0 fully saturated rings. The Bertz CT molecular complexity index is 944. The molecule has 0 radical (unpaired) electrons. The van der Waals surface area contributed by atoms with Gasteiger partial charge in [-0.15, -0.1) is 0 Å². The molecule has 0 saturated heterocycles. The third-order valence-electron chi connectivity index (χ3n) is 3.95. The molecule has 1 heterocycles. The molecule has 0 saturated carbocycles. The van der Waals surface area contributed by atoms with Crippen LogP contribution in [-0.2, 0) is 6.18 Å². The first-order valence-corrected chi connectivity index (χ1v) is 8.16. The standard InChI is InChI=1S/C19H20F3N3O2/c1-11(2)25-16(26)10-9-14(23-25)12(3)18(27)13-7-6-8-15(24(4)5)17(13)19(20,21)22/h6-11H,3H2,1-2,4-5H3. The maximum absolute atomic E-state index is 13.6. The first kappa shape index (κ1) is 20.4. The van der Waals surface area contributed by atoms with Crippen molar-refractivity contribution in [2.75, 3.05) is 19.0 Å². The maximum Gasteiger partial charge on any atom is 0.419 e. The molecule has 0 unspecified atom stereocenters. The molecule has 1 aromatic carbocycles. The second-order valence-electron chi connectivity index (χ2n) is 6.49. The van der Waals surface area contributed by atoms with E-state index in [2.05, 4.69) is 11.7 Å². The molecule has 144 valence electrons. The van der Waals surface area contributed by atoms with Crippen LogP contribution in [-0.4, -0.2) is 29.7 Å². The van der Waals surface area contributed by atoms with E-state index in [4.69, 9.17) is 0 Å². The predicted molar refractivity (Wildman–Crippen MR) is 98.0 cm³/mol. The minimum Gasteiger partial charge on any atom is -0.377 e. The van der Waals surface area contributed by atoms with Crippen LogP contribution in [0.15, 0.2) is 41.7 Å². The molecule has 0 aliphatic rings. The number of hydrogen-bond acceptors (Lipinski definition) is 4. The summed E-state index contributed by atoms with van der Waals surface area (Å²) in [6.45, 7) is 7.08. The Morgan fingerprint density at radius 1 is 1.19 bits per heavy atom. The number of carbonyl (C=O) groups excluding carboxylic acids is 1. The maximum atomic E-state index is 13.6. The van der Waals surface area contributed by atoms with Crippen molar-refractivity contribution in [1.29, 1.82) is 0 Å². The molecule has 5 nitrogen and oxygen atoms in total. The Balaban J connectivity index is 2.59. The van der Waals surface area contributed by atoms with E-state index in [1.807, 2.05) is 0 Å². The van der Waals surface area contributed by atoms with Gasteiger partial charge in [0.15, 0.2) is 5.78 Å². The van der Waals surface area contributed by atoms with E-state index in [1.54, 1.807) is 13.8 Å². The van der Waals surface area contributed by atoms with Crippen molar-refractivity contribution in [1.82, 2.24) is 9.78 Å². The first-order chi connectivity index (χ1) is 12.4. The quantitative estimate of drug-likeness (QED) is 0.586. The largest absolute Gasteiger partial charge is 0.419 e. The molecule has 0 spiro atoms. The van der Waals surface area contributed by atoms with Crippen LogP contribution in [0.1, 0.15) is 41.5 Å². The SMILES string of the molecule is C=C(C(=O)c1cccc(N(C)C)c1C(F)(F)F)c1ccc(=O)n(C(C)C)n1. The molecule has 2 rings (SSSR count). The van der Waals surface area contributed by atoms with E-state index in [1.165, 1.54) is 43.3 Å². The topological polar surface area (TPSA) is 55.2 Å². The summed E-state index contributed by atoms with van der Waals surface area (Å²) in [4.78, 5) is 25.9. The number of anilines is 1. The van der Waals surface area contributed by atoms with Crippen molar-refractivity contribution in [2.45, 2.75) is 26.1 Å². The zero-order chi connectivity index (χ0) is 20.5. The molecule has 0 aliphatic heterocycles. The first-order valence-electron chi connectivity index (χ1n) is 8.16. The molecule has 1 aromatic heterocycles. The van der Waals surface area contributed by atoms with Gasteiger partial charge in [-0.2, -0.15) is 18.3 Å². The molecule has 0 bridgehead atoms. The smallest absolute Gasteiger partial charge is 0.377 e. The number of halogens is 3. The Labute approximate surface area is 154 Å². The van der Waals surface area contributed by atoms with Gasteiger partial charge in [0.25, 0.3) is 5.56 Å². The molecule has 2 aromatic rings. The van der Waals surface area contributed by atoms with Crippen molar-refractivity contribution in [2.24, 2.45) is 0 Å². The summed E-state index contributed by atoms with van der Waals surface area (Å²) in [5.74, 6) is -0.896. The van der Waals surface area contributed by atoms with Gasteiger partial charge in [0.2, 0.25) is 0 Å². The van der Waals surface area contributed by atoms with Gasteiger partial charge in [-0.1, -0.05) is 18.7 Å². The lowest BCUT2D eigenvalue weighted by Gasteiger charge is -2.22. The number of aromatic nitrogens is 2. The third-order valence-corrected chi connectivity index (χ3v) is 3.95. The minimum absolute atomic E-state index is 0.0525.